The van der Waals surface area contributed by atoms with Gasteiger partial charge in [0.15, 0.2) is 17.2 Å². The van der Waals surface area contributed by atoms with Crippen molar-refractivity contribution in [2.24, 2.45) is 7.05 Å². The van der Waals surface area contributed by atoms with Gasteiger partial charge in [-0.1, -0.05) is 16.8 Å². The van der Waals surface area contributed by atoms with E-state index in [1.807, 2.05) is 0 Å². The van der Waals surface area contributed by atoms with Crippen LogP contribution in [0, 0.1) is 5.82 Å². The van der Waals surface area contributed by atoms with Gasteiger partial charge in [-0.05, 0) is 6.07 Å². The molecule has 2 heterocycles. The molecule has 0 aliphatic rings. The Kier molecular flexibility index (Phi) is 3.57. The fourth-order valence-corrected chi connectivity index (χ4v) is 2.20. The molecule has 3 aromatic rings. The van der Waals surface area contributed by atoms with E-state index in [-0.39, 0.29) is 27.5 Å². The van der Waals surface area contributed by atoms with Crippen LogP contribution in [-0.4, -0.2) is 30.7 Å². The average molecular weight is 338 g/mol. The lowest BCUT2D eigenvalue weighted by molar-refractivity contribution is -0.131. The maximum Gasteiger partial charge on any atom is 0.308 e. The van der Waals surface area contributed by atoms with Crippen molar-refractivity contribution in [1.29, 1.82) is 0 Å². The van der Waals surface area contributed by atoms with Crippen LogP contribution in [0.3, 0.4) is 0 Å². The maximum atomic E-state index is 14.2. The fourth-order valence-electron chi connectivity index (χ4n) is 2.01. The first-order valence-electron chi connectivity index (χ1n) is 6.34. The van der Waals surface area contributed by atoms with Crippen LogP contribution in [0.1, 0.15) is 6.92 Å². The molecule has 0 unspecified atom stereocenters. The number of halogens is 2. The number of benzene rings is 1. The molecule has 0 radical (unpaired) electrons. The lowest BCUT2D eigenvalue weighted by Crippen LogP contribution is -2.23. The predicted molar refractivity (Wildman–Crippen MR) is 78.2 cm³/mol. The normalized spacial score (nSPS) is 11.0. The molecule has 8 nitrogen and oxygen atoms in total. The Morgan fingerprint density at radius 1 is 1.39 bits per heavy atom. The van der Waals surface area contributed by atoms with Gasteiger partial charge in [-0.3, -0.25) is 9.59 Å². The molecule has 0 bridgehead atoms. The predicted octanol–water partition coefficient (Wildman–Crippen LogP) is 1.23. The van der Waals surface area contributed by atoms with Crippen molar-refractivity contribution in [3.8, 4) is 11.4 Å². The molecule has 0 aliphatic carbocycles. The van der Waals surface area contributed by atoms with E-state index >= 15 is 0 Å². The van der Waals surface area contributed by atoms with Gasteiger partial charge in [-0.15, -0.1) is 5.10 Å². The number of ether oxygens (including phenoxy) is 1. The third-order valence-electron chi connectivity index (χ3n) is 3.04. The quantitative estimate of drug-likeness (QED) is 0.516. The van der Waals surface area contributed by atoms with Crippen molar-refractivity contribution < 1.29 is 13.9 Å². The van der Waals surface area contributed by atoms with Crippen LogP contribution in [0.25, 0.3) is 16.7 Å². The van der Waals surface area contributed by atoms with Crippen LogP contribution in [0.2, 0.25) is 5.02 Å². The minimum atomic E-state index is -0.814. The van der Waals surface area contributed by atoms with Crippen molar-refractivity contribution in [1.82, 2.24) is 24.8 Å². The first-order valence-corrected chi connectivity index (χ1v) is 6.72. The van der Waals surface area contributed by atoms with E-state index in [1.165, 1.54) is 17.8 Å². The number of fused-ring (bicyclic) bond motifs is 1. The van der Waals surface area contributed by atoms with Gasteiger partial charge >= 0.3 is 5.97 Å². The van der Waals surface area contributed by atoms with Crippen LogP contribution >= 0.6 is 11.6 Å². The number of nitrogens with zero attached hydrogens (tertiary/aromatic N) is 5. The lowest BCUT2D eigenvalue weighted by Gasteiger charge is -2.09. The van der Waals surface area contributed by atoms with E-state index in [1.54, 1.807) is 7.05 Å². The van der Waals surface area contributed by atoms with E-state index in [4.69, 9.17) is 16.3 Å². The van der Waals surface area contributed by atoms with E-state index in [9.17, 15) is 14.0 Å². The molecular formula is C13H9ClFN5O3. The number of carbonyl (C=O) groups excluding carboxylic acids is 1. The zero-order valence-electron chi connectivity index (χ0n) is 11.9. The number of hydrogen-bond donors (Lipinski definition) is 0. The number of rotatable bonds is 2. The van der Waals surface area contributed by atoms with Gasteiger partial charge in [-0.2, -0.15) is 9.78 Å². The minimum absolute atomic E-state index is 0.0875. The summed E-state index contributed by atoms with van der Waals surface area (Å²) in [6.07, 6.45) is 1.31. The summed E-state index contributed by atoms with van der Waals surface area (Å²) >= 11 is 5.82. The van der Waals surface area contributed by atoms with Crippen molar-refractivity contribution in [2.45, 2.75) is 6.92 Å². The molecule has 0 spiro atoms. The molecule has 0 aliphatic heterocycles. The highest BCUT2D eigenvalue weighted by Crippen LogP contribution is 2.29. The third-order valence-corrected chi connectivity index (χ3v) is 3.34. The molecule has 0 saturated carbocycles. The van der Waals surface area contributed by atoms with Crippen LogP contribution in [0.15, 0.2) is 23.1 Å². The summed E-state index contributed by atoms with van der Waals surface area (Å²) in [5.41, 5.74) is -0.590. The molecule has 0 fully saturated rings. The van der Waals surface area contributed by atoms with Crippen LogP contribution in [0.4, 0.5) is 4.39 Å². The standard InChI is InChI=1S/C13H9ClFN5O3/c1-6(21)23-11-4-10(9(15)3-8(11)14)20-13(22)7-5-16-19(2)12(7)17-18-20/h3-5H,1-2H3. The van der Waals surface area contributed by atoms with Gasteiger partial charge in [0.25, 0.3) is 5.56 Å². The molecule has 23 heavy (non-hydrogen) atoms. The van der Waals surface area contributed by atoms with Crippen LogP contribution in [0.5, 0.6) is 5.75 Å². The smallest absolute Gasteiger partial charge is 0.308 e. The van der Waals surface area contributed by atoms with E-state index < -0.39 is 17.3 Å². The second-order valence-electron chi connectivity index (χ2n) is 4.64. The zero-order valence-corrected chi connectivity index (χ0v) is 12.7. The highest BCUT2D eigenvalue weighted by atomic mass is 35.5. The Balaban J connectivity index is 2.24. The molecule has 0 saturated heterocycles. The first-order chi connectivity index (χ1) is 10.9. The first kappa shape index (κ1) is 15.1. The second-order valence-corrected chi connectivity index (χ2v) is 5.05. The highest BCUT2D eigenvalue weighted by molar-refractivity contribution is 6.32. The topological polar surface area (TPSA) is 91.9 Å². The van der Waals surface area contributed by atoms with Crippen LogP contribution in [-0.2, 0) is 11.8 Å². The monoisotopic (exact) mass is 337 g/mol. The van der Waals surface area contributed by atoms with Crippen molar-refractivity contribution in [3.63, 3.8) is 0 Å². The molecule has 0 N–H and O–H groups in total. The molecule has 0 atom stereocenters. The average Bonchev–Trinajstić information content (AvgIpc) is 2.85. The summed E-state index contributed by atoms with van der Waals surface area (Å²) < 4.78 is 21.2. The molecule has 2 aromatic heterocycles. The number of aryl methyl sites for hydroxylation is 1. The molecule has 10 heteroatoms. The fraction of sp³-hybridized carbons (Fsp3) is 0.154. The summed E-state index contributed by atoms with van der Waals surface area (Å²) in [7, 11) is 1.60. The second kappa shape index (κ2) is 5.43. The van der Waals surface area contributed by atoms with Crippen molar-refractivity contribution in [2.75, 3.05) is 0 Å². The Bertz CT molecular complexity index is 997. The molecular weight excluding hydrogens is 329 g/mol. The van der Waals surface area contributed by atoms with Gasteiger partial charge in [0.2, 0.25) is 0 Å². The third kappa shape index (κ3) is 2.55. The van der Waals surface area contributed by atoms with E-state index in [0.29, 0.717) is 0 Å². The summed E-state index contributed by atoms with van der Waals surface area (Å²) in [5, 5.41) is 11.5. The van der Waals surface area contributed by atoms with E-state index in [0.717, 1.165) is 16.8 Å². The zero-order chi connectivity index (χ0) is 16.7. The SMILES string of the molecule is CC(=O)Oc1cc(-n2nnc3c(cnn3C)c2=O)c(F)cc1Cl. The van der Waals surface area contributed by atoms with Gasteiger partial charge in [0, 0.05) is 20.0 Å². The Morgan fingerprint density at radius 3 is 2.83 bits per heavy atom. The molecule has 3 rings (SSSR count). The van der Waals surface area contributed by atoms with Gasteiger partial charge in [0.05, 0.1) is 11.2 Å². The van der Waals surface area contributed by atoms with Crippen LogP contribution < -0.4 is 10.3 Å². The summed E-state index contributed by atoms with van der Waals surface area (Å²) in [6, 6.07) is 2.04. The van der Waals surface area contributed by atoms with Crippen molar-refractivity contribution >= 4 is 28.6 Å². The summed E-state index contributed by atoms with van der Waals surface area (Å²) in [6.45, 7) is 1.17. The van der Waals surface area contributed by atoms with E-state index in [2.05, 4.69) is 15.4 Å². The van der Waals surface area contributed by atoms with Gasteiger partial charge < -0.3 is 4.74 Å². The largest absolute Gasteiger partial charge is 0.425 e. The maximum absolute atomic E-state index is 14.2. The summed E-state index contributed by atoms with van der Waals surface area (Å²) in [4.78, 5) is 23.5. The number of carbonyl (C=O) groups is 1. The number of aromatic nitrogens is 5. The Morgan fingerprint density at radius 2 is 2.13 bits per heavy atom. The molecule has 1 aromatic carbocycles. The van der Waals surface area contributed by atoms with Gasteiger partial charge in [-0.25, -0.2) is 9.07 Å². The number of esters is 1. The summed E-state index contributed by atoms with van der Waals surface area (Å²) in [5.74, 6) is -1.54. The minimum Gasteiger partial charge on any atom is -0.425 e. The highest BCUT2D eigenvalue weighted by Gasteiger charge is 2.17. The van der Waals surface area contributed by atoms with Gasteiger partial charge in [0.1, 0.15) is 11.1 Å². The Labute approximate surface area is 133 Å². The molecule has 118 valence electrons. The van der Waals surface area contributed by atoms with Crippen molar-refractivity contribution in [3.05, 3.63) is 39.5 Å². The Hall–Kier alpha value is -2.81. The number of hydrogen-bond acceptors (Lipinski definition) is 6. The lowest BCUT2D eigenvalue weighted by atomic mass is 10.2. The molecule has 0 amide bonds.